The molecule has 1 saturated heterocycles. The standard InChI is InChI=1S/C19H25NO2/c21-19(22-18-15-10-11-16(18)20-12-15)17(14-8-4-5-9-14)13-6-2-1-3-7-13/h1-3,6-7,14-18,20H,4-5,8-12H2. The van der Waals surface area contributed by atoms with Crippen LogP contribution >= 0.6 is 0 Å². The highest BCUT2D eigenvalue weighted by Crippen LogP contribution is 2.40. The fraction of sp³-hybridized carbons (Fsp3) is 0.632. The maximum atomic E-state index is 13.0. The third kappa shape index (κ3) is 2.56. The molecule has 3 aliphatic rings. The molecule has 4 atom stereocenters. The average Bonchev–Trinajstić information content (AvgIpc) is 3.28. The highest BCUT2D eigenvalue weighted by molar-refractivity contribution is 5.79. The second kappa shape index (κ2) is 6.04. The average molecular weight is 299 g/mol. The molecule has 2 bridgehead atoms. The quantitative estimate of drug-likeness (QED) is 0.867. The van der Waals surface area contributed by atoms with Crippen molar-refractivity contribution >= 4 is 5.97 Å². The van der Waals surface area contributed by atoms with Crippen LogP contribution in [0.5, 0.6) is 0 Å². The van der Waals surface area contributed by atoms with Crippen LogP contribution < -0.4 is 5.32 Å². The number of fused-ring (bicyclic) bond motifs is 2. The van der Waals surface area contributed by atoms with Gasteiger partial charge in [0.05, 0.1) is 5.92 Å². The summed E-state index contributed by atoms with van der Waals surface area (Å²) in [5.74, 6) is 0.947. The summed E-state index contributed by atoms with van der Waals surface area (Å²) in [7, 11) is 0. The summed E-state index contributed by atoms with van der Waals surface area (Å²) in [4.78, 5) is 13.0. The number of hydrogen-bond acceptors (Lipinski definition) is 3. The summed E-state index contributed by atoms with van der Waals surface area (Å²) in [6.07, 6.45) is 7.28. The smallest absolute Gasteiger partial charge is 0.314 e. The third-order valence-corrected chi connectivity index (χ3v) is 5.89. The highest BCUT2D eigenvalue weighted by Gasteiger charge is 2.45. The Hall–Kier alpha value is -1.35. The molecule has 3 heteroatoms. The number of carbonyl (C=O) groups is 1. The van der Waals surface area contributed by atoms with Gasteiger partial charge in [0.1, 0.15) is 6.10 Å². The number of benzene rings is 1. The first kappa shape index (κ1) is 14.3. The van der Waals surface area contributed by atoms with Crippen molar-refractivity contribution in [2.75, 3.05) is 6.54 Å². The fourth-order valence-electron chi connectivity index (χ4n) is 4.73. The second-order valence-corrected chi connectivity index (χ2v) is 7.19. The Morgan fingerprint density at radius 3 is 2.45 bits per heavy atom. The van der Waals surface area contributed by atoms with Gasteiger partial charge in [0.15, 0.2) is 0 Å². The Bertz CT molecular complexity index is 503. The SMILES string of the molecule is O=C(OC1C2CCC1NC2)C(c1ccccc1)C1CCCC1. The second-order valence-electron chi connectivity index (χ2n) is 7.19. The molecule has 0 aromatic heterocycles. The molecule has 4 unspecified atom stereocenters. The molecule has 4 rings (SSSR count). The van der Waals surface area contributed by atoms with E-state index in [4.69, 9.17) is 4.74 Å². The Labute approximate surface area is 132 Å². The summed E-state index contributed by atoms with van der Waals surface area (Å²) < 4.78 is 6.03. The van der Waals surface area contributed by atoms with E-state index in [1.165, 1.54) is 19.3 Å². The van der Waals surface area contributed by atoms with Crippen LogP contribution in [0.1, 0.15) is 50.0 Å². The van der Waals surface area contributed by atoms with Crippen molar-refractivity contribution in [2.24, 2.45) is 11.8 Å². The molecule has 1 N–H and O–H groups in total. The van der Waals surface area contributed by atoms with E-state index in [0.29, 0.717) is 17.9 Å². The monoisotopic (exact) mass is 299 g/mol. The third-order valence-electron chi connectivity index (χ3n) is 5.89. The molecule has 2 saturated carbocycles. The number of nitrogens with one attached hydrogen (secondary N) is 1. The molecule has 3 nitrogen and oxygen atoms in total. The van der Waals surface area contributed by atoms with Crippen LogP contribution in [0.3, 0.4) is 0 Å². The van der Waals surface area contributed by atoms with Gasteiger partial charge in [0, 0.05) is 18.5 Å². The summed E-state index contributed by atoms with van der Waals surface area (Å²) in [5.41, 5.74) is 1.14. The van der Waals surface area contributed by atoms with Gasteiger partial charge in [-0.1, -0.05) is 43.2 Å². The van der Waals surface area contributed by atoms with E-state index in [2.05, 4.69) is 17.4 Å². The molecular formula is C19H25NO2. The molecule has 22 heavy (non-hydrogen) atoms. The van der Waals surface area contributed by atoms with E-state index < -0.39 is 0 Å². The summed E-state index contributed by atoms with van der Waals surface area (Å²) in [6.45, 7) is 1.02. The zero-order valence-electron chi connectivity index (χ0n) is 13.0. The summed E-state index contributed by atoms with van der Waals surface area (Å²) in [6, 6.07) is 10.7. The first-order valence-corrected chi connectivity index (χ1v) is 8.82. The van der Waals surface area contributed by atoms with Gasteiger partial charge in [0.25, 0.3) is 0 Å². The molecule has 0 radical (unpaired) electrons. The van der Waals surface area contributed by atoms with Gasteiger partial charge in [-0.2, -0.15) is 0 Å². The van der Waals surface area contributed by atoms with Crippen molar-refractivity contribution in [3.05, 3.63) is 35.9 Å². The predicted molar refractivity (Wildman–Crippen MR) is 85.5 cm³/mol. The normalized spacial score (nSPS) is 32.3. The minimum atomic E-state index is -0.0660. The molecule has 0 spiro atoms. The molecule has 1 aromatic rings. The number of ether oxygens (including phenoxy) is 1. The van der Waals surface area contributed by atoms with E-state index in [0.717, 1.165) is 31.4 Å². The topological polar surface area (TPSA) is 38.3 Å². The van der Waals surface area contributed by atoms with Gasteiger partial charge in [-0.25, -0.2) is 0 Å². The van der Waals surface area contributed by atoms with Crippen LogP contribution in [0, 0.1) is 11.8 Å². The number of esters is 1. The van der Waals surface area contributed by atoms with Gasteiger partial charge < -0.3 is 10.1 Å². The molecule has 118 valence electrons. The summed E-state index contributed by atoms with van der Waals surface area (Å²) >= 11 is 0. The van der Waals surface area contributed by atoms with Gasteiger partial charge in [-0.15, -0.1) is 0 Å². The van der Waals surface area contributed by atoms with Crippen molar-refractivity contribution in [2.45, 2.75) is 56.6 Å². The van der Waals surface area contributed by atoms with Crippen molar-refractivity contribution in [3.8, 4) is 0 Å². The maximum absolute atomic E-state index is 13.0. The molecule has 1 aliphatic heterocycles. The lowest BCUT2D eigenvalue weighted by Gasteiger charge is -2.25. The van der Waals surface area contributed by atoms with Gasteiger partial charge >= 0.3 is 5.97 Å². The van der Waals surface area contributed by atoms with Gasteiger partial charge in [-0.05, 0) is 37.2 Å². The maximum Gasteiger partial charge on any atom is 0.314 e. The van der Waals surface area contributed by atoms with E-state index in [1.807, 2.05) is 18.2 Å². The zero-order chi connectivity index (χ0) is 14.9. The van der Waals surface area contributed by atoms with E-state index in [1.54, 1.807) is 0 Å². The predicted octanol–water partition coefficient (Wildman–Crippen LogP) is 3.25. The number of hydrogen-bond donors (Lipinski definition) is 1. The largest absolute Gasteiger partial charge is 0.460 e. The van der Waals surface area contributed by atoms with Crippen LogP contribution in [-0.4, -0.2) is 24.7 Å². The molecule has 0 amide bonds. The molecule has 3 fully saturated rings. The van der Waals surface area contributed by atoms with Gasteiger partial charge in [-0.3, -0.25) is 4.79 Å². The van der Waals surface area contributed by atoms with Crippen LogP contribution in [-0.2, 0) is 9.53 Å². The molecule has 2 aliphatic carbocycles. The van der Waals surface area contributed by atoms with Crippen molar-refractivity contribution in [1.82, 2.24) is 5.32 Å². The van der Waals surface area contributed by atoms with E-state index in [-0.39, 0.29) is 18.0 Å². The van der Waals surface area contributed by atoms with Crippen molar-refractivity contribution in [3.63, 3.8) is 0 Å². The first-order valence-electron chi connectivity index (χ1n) is 8.82. The lowest BCUT2D eigenvalue weighted by molar-refractivity contribution is -0.153. The number of piperidine rings is 1. The molecular weight excluding hydrogens is 274 g/mol. The van der Waals surface area contributed by atoms with Crippen LogP contribution in [0.25, 0.3) is 0 Å². The molecule has 1 heterocycles. The van der Waals surface area contributed by atoms with Crippen LogP contribution in [0.15, 0.2) is 30.3 Å². The van der Waals surface area contributed by atoms with Crippen LogP contribution in [0.4, 0.5) is 0 Å². The lowest BCUT2D eigenvalue weighted by Crippen LogP contribution is -2.34. The van der Waals surface area contributed by atoms with Gasteiger partial charge in [0.2, 0.25) is 0 Å². The summed E-state index contributed by atoms with van der Waals surface area (Å²) in [5, 5.41) is 3.48. The minimum absolute atomic E-state index is 0.0173. The Balaban J connectivity index is 1.53. The zero-order valence-corrected chi connectivity index (χ0v) is 13.0. The van der Waals surface area contributed by atoms with Crippen LogP contribution in [0.2, 0.25) is 0 Å². The Morgan fingerprint density at radius 1 is 1.09 bits per heavy atom. The lowest BCUT2D eigenvalue weighted by atomic mass is 9.85. The van der Waals surface area contributed by atoms with E-state index >= 15 is 0 Å². The molecule has 1 aromatic carbocycles. The highest BCUT2D eigenvalue weighted by atomic mass is 16.5. The fourth-order valence-corrected chi connectivity index (χ4v) is 4.73. The Kier molecular flexibility index (Phi) is 3.91. The Morgan fingerprint density at radius 2 is 1.86 bits per heavy atom. The minimum Gasteiger partial charge on any atom is -0.460 e. The van der Waals surface area contributed by atoms with E-state index in [9.17, 15) is 4.79 Å². The number of rotatable bonds is 4. The van der Waals surface area contributed by atoms with Crippen molar-refractivity contribution in [1.29, 1.82) is 0 Å². The number of carbonyl (C=O) groups excluding carboxylic acids is 1. The first-order chi connectivity index (χ1) is 10.8. The van der Waals surface area contributed by atoms with Crippen molar-refractivity contribution < 1.29 is 9.53 Å².